The zero-order valence-corrected chi connectivity index (χ0v) is 12.9. The number of aliphatic hydroxyl groups excluding tert-OH is 1. The molecule has 0 aromatic heterocycles. The topological polar surface area (TPSA) is 76.0 Å². The summed E-state index contributed by atoms with van der Waals surface area (Å²) >= 11 is 0. The van der Waals surface area contributed by atoms with Crippen LogP contribution in [-0.4, -0.2) is 47.9 Å². The fourth-order valence-corrected chi connectivity index (χ4v) is 1.76. The van der Waals surface area contributed by atoms with Gasteiger partial charge in [0.05, 0.1) is 0 Å². The summed E-state index contributed by atoms with van der Waals surface area (Å²) in [6, 6.07) is 9.33. The SMILES string of the molecule is C[N+](O)(/C=C/COC(=O)OCc1ccccc1)CCCCO. The molecule has 1 unspecified atom stereocenters. The molecule has 0 aliphatic heterocycles. The van der Waals surface area contributed by atoms with Gasteiger partial charge in [0.2, 0.25) is 0 Å². The smallest absolute Gasteiger partial charge is 0.430 e. The maximum Gasteiger partial charge on any atom is 0.508 e. The van der Waals surface area contributed by atoms with Crippen molar-refractivity contribution in [2.24, 2.45) is 0 Å². The van der Waals surface area contributed by atoms with Crippen LogP contribution in [0.25, 0.3) is 0 Å². The first-order valence-corrected chi connectivity index (χ1v) is 7.23. The molecule has 22 heavy (non-hydrogen) atoms. The summed E-state index contributed by atoms with van der Waals surface area (Å²) in [6.07, 6.45) is 3.68. The van der Waals surface area contributed by atoms with Crippen molar-refractivity contribution >= 4 is 6.16 Å². The molecule has 1 aromatic rings. The van der Waals surface area contributed by atoms with Gasteiger partial charge in [-0.2, -0.15) is 4.65 Å². The predicted molar refractivity (Wildman–Crippen MR) is 80.9 cm³/mol. The van der Waals surface area contributed by atoms with E-state index in [0.29, 0.717) is 19.4 Å². The minimum Gasteiger partial charge on any atom is -0.430 e. The number of hydrogen-bond donors (Lipinski definition) is 2. The third-order valence-electron chi connectivity index (χ3n) is 2.94. The Labute approximate surface area is 130 Å². The number of benzene rings is 1. The summed E-state index contributed by atoms with van der Waals surface area (Å²) in [7, 11) is 1.61. The van der Waals surface area contributed by atoms with Crippen molar-refractivity contribution in [3.63, 3.8) is 0 Å². The summed E-state index contributed by atoms with van der Waals surface area (Å²) in [6.45, 7) is 0.788. The van der Waals surface area contributed by atoms with Crippen LogP contribution in [0.4, 0.5) is 4.79 Å². The number of hydroxylamine groups is 3. The highest BCUT2D eigenvalue weighted by Crippen LogP contribution is 2.03. The average Bonchev–Trinajstić information content (AvgIpc) is 2.51. The first kappa shape index (κ1) is 18.2. The van der Waals surface area contributed by atoms with Crippen molar-refractivity contribution in [1.29, 1.82) is 0 Å². The maximum absolute atomic E-state index is 11.4. The fourth-order valence-electron chi connectivity index (χ4n) is 1.76. The third kappa shape index (κ3) is 8.41. The molecule has 0 amide bonds. The van der Waals surface area contributed by atoms with E-state index in [1.54, 1.807) is 13.1 Å². The molecule has 122 valence electrons. The van der Waals surface area contributed by atoms with Crippen LogP contribution in [0.1, 0.15) is 18.4 Å². The number of aliphatic hydroxyl groups is 1. The maximum atomic E-state index is 11.4. The third-order valence-corrected chi connectivity index (χ3v) is 2.94. The highest BCUT2D eigenvalue weighted by Gasteiger charge is 2.13. The van der Waals surface area contributed by atoms with Gasteiger partial charge in [-0.3, -0.25) is 0 Å². The van der Waals surface area contributed by atoms with E-state index >= 15 is 0 Å². The molecule has 0 bridgehead atoms. The van der Waals surface area contributed by atoms with E-state index in [1.807, 2.05) is 30.3 Å². The number of ether oxygens (including phenoxy) is 2. The molecule has 1 atom stereocenters. The number of hydrogen-bond acceptors (Lipinski definition) is 5. The van der Waals surface area contributed by atoms with Crippen LogP contribution >= 0.6 is 0 Å². The Morgan fingerprint density at radius 2 is 1.95 bits per heavy atom. The predicted octanol–water partition coefficient (Wildman–Crippen LogP) is 2.46. The Morgan fingerprint density at radius 3 is 2.64 bits per heavy atom. The van der Waals surface area contributed by atoms with E-state index < -0.39 is 6.16 Å². The van der Waals surface area contributed by atoms with E-state index in [9.17, 15) is 10.0 Å². The Bertz CT molecular complexity index is 459. The normalized spacial score (nSPS) is 13.8. The zero-order valence-electron chi connectivity index (χ0n) is 12.9. The molecule has 0 aliphatic rings. The second-order valence-electron chi connectivity index (χ2n) is 5.09. The molecule has 0 saturated heterocycles. The molecule has 1 aromatic carbocycles. The van der Waals surface area contributed by atoms with Gasteiger partial charge in [-0.15, -0.1) is 0 Å². The van der Waals surface area contributed by atoms with Crippen molar-refractivity contribution in [2.75, 3.05) is 26.8 Å². The van der Waals surface area contributed by atoms with Gasteiger partial charge in [0, 0.05) is 19.1 Å². The molecule has 0 saturated carbocycles. The van der Waals surface area contributed by atoms with Crippen molar-refractivity contribution in [3.8, 4) is 0 Å². The van der Waals surface area contributed by atoms with Crippen LogP contribution in [-0.2, 0) is 16.1 Å². The first-order valence-electron chi connectivity index (χ1n) is 7.23. The van der Waals surface area contributed by atoms with Gasteiger partial charge >= 0.3 is 6.16 Å². The standard InChI is InChI=1S/C16H24NO5/c1-17(20,10-5-6-12-18)11-7-13-21-16(19)22-14-15-8-3-2-4-9-15/h2-4,7-9,11,18,20H,5-6,10,12-14H2,1H3/q+1/b11-7+. The average molecular weight is 310 g/mol. The molecule has 2 N–H and O–H groups in total. The minimum absolute atomic E-state index is 0.0298. The van der Waals surface area contributed by atoms with E-state index in [1.165, 1.54) is 6.20 Å². The van der Waals surface area contributed by atoms with Crippen LogP contribution in [0.15, 0.2) is 42.6 Å². The highest BCUT2D eigenvalue weighted by atomic mass is 16.7. The lowest BCUT2D eigenvalue weighted by Crippen LogP contribution is -2.35. The van der Waals surface area contributed by atoms with Crippen molar-refractivity contribution in [2.45, 2.75) is 19.4 Å². The van der Waals surface area contributed by atoms with Gasteiger partial charge in [0.1, 0.15) is 33.0 Å². The van der Waals surface area contributed by atoms with E-state index in [-0.39, 0.29) is 24.5 Å². The van der Waals surface area contributed by atoms with Crippen molar-refractivity contribution in [1.82, 2.24) is 0 Å². The molecule has 1 rings (SSSR count). The number of carbonyl (C=O) groups is 1. The quantitative estimate of drug-likeness (QED) is 0.317. The second kappa shape index (κ2) is 9.94. The molecule has 0 heterocycles. The molecule has 6 nitrogen and oxygen atoms in total. The summed E-state index contributed by atoms with van der Waals surface area (Å²) in [5, 5.41) is 18.6. The van der Waals surface area contributed by atoms with Crippen LogP contribution < -0.4 is 0 Å². The molecule has 0 aliphatic carbocycles. The summed E-state index contributed by atoms with van der Waals surface area (Å²) in [5.41, 5.74) is 0.887. The molecule has 0 fully saturated rings. The Kier molecular flexibility index (Phi) is 8.21. The lowest BCUT2D eigenvalue weighted by Gasteiger charge is -2.20. The minimum atomic E-state index is -0.749. The molecule has 0 spiro atoms. The van der Waals surface area contributed by atoms with E-state index in [0.717, 1.165) is 5.56 Å². The Morgan fingerprint density at radius 1 is 1.23 bits per heavy atom. The Balaban J connectivity index is 2.19. The Hall–Kier alpha value is -1.89. The molecular formula is C16H24NO5+. The van der Waals surface area contributed by atoms with E-state index in [4.69, 9.17) is 14.6 Å². The largest absolute Gasteiger partial charge is 0.508 e. The summed E-state index contributed by atoms with van der Waals surface area (Å²) in [5.74, 6) is 0. The van der Waals surface area contributed by atoms with Gasteiger partial charge in [0.25, 0.3) is 0 Å². The van der Waals surface area contributed by atoms with Gasteiger partial charge in [-0.05, 0) is 12.0 Å². The van der Waals surface area contributed by atoms with Gasteiger partial charge < -0.3 is 14.6 Å². The monoisotopic (exact) mass is 310 g/mol. The molecule has 6 heteroatoms. The fraction of sp³-hybridized carbons (Fsp3) is 0.438. The lowest BCUT2D eigenvalue weighted by molar-refractivity contribution is -1.05. The number of nitrogens with zero attached hydrogens (tertiary/aromatic N) is 1. The van der Waals surface area contributed by atoms with Gasteiger partial charge in [-0.1, -0.05) is 30.3 Å². The lowest BCUT2D eigenvalue weighted by atomic mass is 10.2. The number of quaternary nitrogens is 1. The van der Waals surface area contributed by atoms with Crippen LogP contribution in [0.3, 0.4) is 0 Å². The molecular weight excluding hydrogens is 286 g/mol. The van der Waals surface area contributed by atoms with E-state index in [2.05, 4.69) is 0 Å². The van der Waals surface area contributed by atoms with Gasteiger partial charge in [-0.25, -0.2) is 10.0 Å². The van der Waals surface area contributed by atoms with Crippen LogP contribution in [0, 0.1) is 0 Å². The van der Waals surface area contributed by atoms with Gasteiger partial charge in [0.15, 0.2) is 0 Å². The summed E-state index contributed by atoms with van der Waals surface area (Å²) in [4.78, 5) is 11.4. The number of carbonyl (C=O) groups excluding carboxylic acids is 1. The number of unbranched alkanes of at least 4 members (excludes halogenated alkanes) is 1. The zero-order chi connectivity index (χ0) is 16.3. The first-order chi connectivity index (χ1) is 10.5. The highest BCUT2D eigenvalue weighted by molar-refractivity contribution is 5.60. The van der Waals surface area contributed by atoms with Crippen molar-refractivity contribution < 1.29 is 29.2 Å². The van der Waals surface area contributed by atoms with Crippen molar-refractivity contribution in [3.05, 3.63) is 48.2 Å². The number of rotatable bonds is 9. The second-order valence-corrected chi connectivity index (χ2v) is 5.09. The van der Waals surface area contributed by atoms with Crippen LogP contribution in [0.2, 0.25) is 0 Å². The van der Waals surface area contributed by atoms with Crippen LogP contribution in [0.5, 0.6) is 0 Å². The summed E-state index contributed by atoms with van der Waals surface area (Å²) < 4.78 is 9.51. The molecule has 0 radical (unpaired) electrons.